The van der Waals surface area contributed by atoms with E-state index in [1.165, 1.54) is 19.2 Å². The first kappa shape index (κ1) is 24.1. The predicted octanol–water partition coefficient (Wildman–Crippen LogP) is 3.56. The molecule has 0 aliphatic rings. The van der Waals surface area contributed by atoms with Crippen LogP contribution in [0.1, 0.15) is 31.9 Å². The molecule has 0 unspecified atom stereocenters. The first-order valence-electron chi connectivity index (χ1n) is 9.88. The smallest absolute Gasteiger partial charge is 0.408 e. The number of hydrogen-bond acceptors (Lipinski definition) is 5. The lowest BCUT2D eigenvalue weighted by Gasteiger charge is -2.23. The Morgan fingerprint density at radius 1 is 1.06 bits per heavy atom. The molecule has 7 nitrogen and oxygen atoms in total. The Balaban J connectivity index is 1.84. The quantitative estimate of drug-likeness (QED) is 0.633. The molecule has 2 aromatic rings. The van der Waals surface area contributed by atoms with Crippen molar-refractivity contribution in [2.75, 3.05) is 13.7 Å². The Hall–Kier alpha value is -3.13. The van der Waals surface area contributed by atoms with Crippen molar-refractivity contribution in [2.24, 2.45) is 0 Å². The minimum absolute atomic E-state index is 0.0153. The maximum Gasteiger partial charge on any atom is 0.408 e. The molecule has 0 fully saturated rings. The van der Waals surface area contributed by atoms with E-state index >= 15 is 0 Å². The van der Waals surface area contributed by atoms with Gasteiger partial charge in [-0.25, -0.2) is 9.18 Å². The molecule has 0 spiro atoms. The van der Waals surface area contributed by atoms with E-state index in [9.17, 15) is 14.0 Å². The lowest BCUT2D eigenvalue weighted by Crippen LogP contribution is -2.50. The van der Waals surface area contributed by atoms with Gasteiger partial charge in [0.1, 0.15) is 29.8 Å². The van der Waals surface area contributed by atoms with Gasteiger partial charge < -0.3 is 24.8 Å². The van der Waals surface area contributed by atoms with Crippen LogP contribution in [-0.2, 0) is 27.4 Å². The summed E-state index contributed by atoms with van der Waals surface area (Å²) >= 11 is 0. The summed E-state index contributed by atoms with van der Waals surface area (Å²) < 4.78 is 29.0. The number of halogens is 1. The first-order chi connectivity index (χ1) is 14.7. The predicted molar refractivity (Wildman–Crippen MR) is 114 cm³/mol. The van der Waals surface area contributed by atoms with Gasteiger partial charge >= 0.3 is 6.09 Å². The first-order valence-corrected chi connectivity index (χ1v) is 9.88. The fourth-order valence-electron chi connectivity index (χ4n) is 2.59. The summed E-state index contributed by atoms with van der Waals surface area (Å²) in [6.45, 7) is 5.81. The maximum atomic E-state index is 13.2. The number of carbonyl (C=O) groups is 2. The van der Waals surface area contributed by atoms with Crippen molar-refractivity contribution in [1.29, 1.82) is 0 Å². The average Bonchev–Trinajstić information content (AvgIpc) is 2.69. The zero-order valence-corrected chi connectivity index (χ0v) is 18.2. The van der Waals surface area contributed by atoms with Crippen LogP contribution < -0.4 is 15.4 Å². The zero-order valence-electron chi connectivity index (χ0n) is 18.2. The van der Waals surface area contributed by atoms with Gasteiger partial charge in [0.25, 0.3) is 0 Å². The molecule has 0 aromatic heterocycles. The second kappa shape index (κ2) is 11.3. The molecule has 0 radical (unpaired) electrons. The molecule has 2 aromatic carbocycles. The van der Waals surface area contributed by atoms with Crippen LogP contribution in [0.5, 0.6) is 5.75 Å². The summed E-state index contributed by atoms with van der Waals surface area (Å²) in [5.74, 6) is -0.277. The third-order valence-electron chi connectivity index (χ3n) is 4.03. The van der Waals surface area contributed by atoms with Gasteiger partial charge in [-0.2, -0.15) is 0 Å². The van der Waals surface area contributed by atoms with Crippen molar-refractivity contribution >= 4 is 12.0 Å². The summed E-state index contributed by atoms with van der Waals surface area (Å²) in [5.41, 5.74) is 1.11. The van der Waals surface area contributed by atoms with E-state index in [-0.39, 0.29) is 24.9 Å². The molecule has 0 saturated heterocycles. The zero-order chi connectivity index (χ0) is 22.9. The summed E-state index contributed by atoms with van der Waals surface area (Å²) in [4.78, 5) is 24.4. The molecule has 8 heteroatoms. The SMILES string of the molecule is COC[C@@H](NC(=O)OC(C)(C)C)C(=O)NCc1ccc(COc2cccc(F)c2)cc1. The highest BCUT2D eigenvalue weighted by Crippen LogP contribution is 2.14. The van der Waals surface area contributed by atoms with Crippen molar-refractivity contribution in [2.45, 2.75) is 45.6 Å². The molecule has 1 atom stereocenters. The van der Waals surface area contributed by atoms with Gasteiger partial charge in [0.2, 0.25) is 5.91 Å². The fraction of sp³-hybridized carbons (Fsp3) is 0.391. The lowest BCUT2D eigenvalue weighted by atomic mass is 10.1. The second-order valence-electron chi connectivity index (χ2n) is 7.93. The minimum atomic E-state index is -0.876. The van der Waals surface area contributed by atoms with Crippen LogP contribution in [0.2, 0.25) is 0 Å². The number of nitrogens with one attached hydrogen (secondary N) is 2. The Labute approximate surface area is 181 Å². The number of hydrogen-bond donors (Lipinski definition) is 2. The molecule has 0 bridgehead atoms. The Morgan fingerprint density at radius 3 is 2.35 bits per heavy atom. The van der Waals surface area contributed by atoms with Gasteiger partial charge in [-0.3, -0.25) is 4.79 Å². The minimum Gasteiger partial charge on any atom is -0.489 e. The van der Waals surface area contributed by atoms with E-state index < -0.39 is 17.7 Å². The van der Waals surface area contributed by atoms with Gasteiger partial charge in [-0.1, -0.05) is 30.3 Å². The number of amides is 2. The van der Waals surface area contributed by atoms with Crippen molar-refractivity contribution < 1.29 is 28.2 Å². The number of rotatable bonds is 9. The van der Waals surface area contributed by atoms with Crippen molar-refractivity contribution in [3.05, 3.63) is 65.5 Å². The molecule has 0 aliphatic carbocycles. The highest BCUT2D eigenvalue weighted by Gasteiger charge is 2.24. The highest BCUT2D eigenvalue weighted by atomic mass is 19.1. The van der Waals surface area contributed by atoms with E-state index in [0.717, 1.165) is 11.1 Å². The number of methoxy groups -OCH3 is 1. The van der Waals surface area contributed by atoms with Crippen LogP contribution in [0.3, 0.4) is 0 Å². The van der Waals surface area contributed by atoms with Crippen LogP contribution in [-0.4, -0.2) is 37.4 Å². The molecular weight excluding hydrogens is 403 g/mol. The molecule has 31 heavy (non-hydrogen) atoms. The molecule has 0 saturated carbocycles. The van der Waals surface area contributed by atoms with Crippen molar-refractivity contribution in [3.8, 4) is 5.75 Å². The number of carbonyl (C=O) groups excluding carboxylic acids is 2. The molecule has 2 N–H and O–H groups in total. The summed E-state index contributed by atoms with van der Waals surface area (Å²) in [6, 6.07) is 12.5. The largest absolute Gasteiger partial charge is 0.489 e. The highest BCUT2D eigenvalue weighted by molar-refractivity contribution is 5.85. The van der Waals surface area contributed by atoms with Gasteiger partial charge in [0.05, 0.1) is 6.61 Å². The van der Waals surface area contributed by atoms with Gasteiger partial charge in [0.15, 0.2) is 0 Å². The van der Waals surface area contributed by atoms with Crippen molar-refractivity contribution in [1.82, 2.24) is 10.6 Å². The third-order valence-corrected chi connectivity index (χ3v) is 4.03. The normalized spacial score (nSPS) is 12.0. The molecular formula is C23H29FN2O5. The topological polar surface area (TPSA) is 85.9 Å². The third kappa shape index (κ3) is 9.04. The molecule has 2 rings (SSSR count). The van der Waals surface area contributed by atoms with Crippen LogP contribution in [0.15, 0.2) is 48.5 Å². The Kier molecular flexibility index (Phi) is 8.81. The van der Waals surface area contributed by atoms with Crippen LogP contribution in [0, 0.1) is 5.82 Å². The number of alkyl carbamates (subject to hydrolysis) is 1. The van der Waals surface area contributed by atoms with E-state index in [4.69, 9.17) is 14.2 Å². The Morgan fingerprint density at radius 2 is 1.74 bits per heavy atom. The number of benzene rings is 2. The standard InChI is InChI=1S/C23H29FN2O5/c1-23(2,3)31-22(28)26-20(15-29-4)21(27)25-13-16-8-10-17(11-9-16)14-30-19-7-5-6-18(24)12-19/h5-12,20H,13-15H2,1-4H3,(H,25,27)(H,26,28)/t20-/m1/s1. The maximum absolute atomic E-state index is 13.2. The van der Waals surface area contributed by atoms with E-state index in [2.05, 4.69) is 10.6 Å². The van der Waals surface area contributed by atoms with Crippen LogP contribution >= 0.6 is 0 Å². The molecule has 168 valence electrons. The Bertz CT molecular complexity index is 865. The fourth-order valence-corrected chi connectivity index (χ4v) is 2.59. The summed E-state index contributed by atoms with van der Waals surface area (Å²) in [7, 11) is 1.45. The van der Waals surface area contributed by atoms with E-state index in [0.29, 0.717) is 12.4 Å². The lowest BCUT2D eigenvalue weighted by molar-refractivity contribution is -0.124. The van der Waals surface area contributed by atoms with Gasteiger partial charge in [-0.15, -0.1) is 0 Å². The average molecular weight is 432 g/mol. The van der Waals surface area contributed by atoms with Gasteiger partial charge in [0, 0.05) is 19.7 Å². The molecule has 0 heterocycles. The summed E-state index contributed by atoms with van der Waals surface area (Å²) in [5, 5.41) is 5.29. The molecule has 0 aliphatic heterocycles. The van der Waals surface area contributed by atoms with Crippen LogP contribution in [0.4, 0.5) is 9.18 Å². The summed E-state index contributed by atoms with van der Waals surface area (Å²) in [6.07, 6.45) is -0.688. The van der Waals surface area contributed by atoms with E-state index in [1.807, 2.05) is 24.3 Å². The molecule has 2 amide bonds. The van der Waals surface area contributed by atoms with E-state index in [1.54, 1.807) is 32.9 Å². The number of ether oxygens (including phenoxy) is 3. The van der Waals surface area contributed by atoms with Crippen LogP contribution in [0.25, 0.3) is 0 Å². The van der Waals surface area contributed by atoms with Crippen molar-refractivity contribution in [3.63, 3.8) is 0 Å². The second-order valence-corrected chi connectivity index (χ2v) is 7.93. The monoisotopic (exact) mass is 432 g/mol. The van der Waals surface area contributed by atoms with Gasteiger partial charge in [-0.05, 0) is 44.0 Å².